The highest BCUT2D eigenvalue weighted by molar-refractivity contribution is 6.32. The van der Waals surface area contributed by atoms with Crippen LogP contribution < -0.4 is 9.47 Å². The van der Waals surface area contributed by atoms with Gasteiger partial charge in [-0.2, -0.15) is 4.99 Å². The van der Waals surface area contributed by atoms with E-state index in [1.54, 1.807) is 20.3 Å². The molecule has 0 bridgehead atoms. The Morgan fingerprint density at radius 3 is 2.30 bits per heavy atom. The Morgan fingerprint density at radius 2 is 1.90 bits per heavy atom. The van der Waals surface area contributed by atoms with Gasteiger partial charge in [0, 0.05) is 5.56 Å². The normalized spacial score (nSPS) is 15.7. The second-order valence-corrected chi connectivity index (χ2v) is 5.68. The molecule has 1 fully saturated rings. The minimum absolute atomic E-state index is 0.199. The van der Waals surface area contributed by atoms with Crippen LogP contribution in [-0.4, -0.2) is 20.3 Å². The summed E-state index contributed by atoms with van der Waals surface area (Å²) in [6.45, 7) is 4.13. The molecule has 108 valence electrons. The van der Waals surface area contributed by atoms with Crippen molar-refractivity contribution < 1.29 is 14.3 Å². The average molecular weight is 296 g/mol. The number of methoxy groups -OCH3 is 2. The number of hydrogen-bond acceptors (Lipinski definition) is 4. The van der Waals surface area contributed by atoms with E-state index in [2.05, 4.69) is 18.8 Å². The molecule has 0 atom stereocenters. The van der Waals surface area contributed by atoms with E-state index in [1.165, 1.54) is 0 Å². The molecular weight excluding hydrogens is 278 g/mol. The molecule has 1 aliphatic rings. The first-order valence-corrected chi connectivity index (χ1v) is 6.92. The van der Waals surface area contributed by atoms with E-state index in [0.717, 1.165) is 24.0 Å². The van der Waals surface area contributed by atoms with Gasteiger partial charge in [-0.3, -0.25) is 0 Å². The van der Waals surface area contributed by atoms with Gasteiger partial charge < -0.3 is 9.47 Å². The van der Waals surface area contributed by atoms with E-state index in [0.29, 0.717) is 16.5 Å². The molecule has 0 amide bonds. The smallest absolute Gasteiger partial charge is 0.235 e. The third-order valence-electron chi connectivity index (χ3n) is 3.70. The molecule has 0 spiro atoms. The molecule has 0 N–H and O–H groups in total. The van der Waals surface area contributed by atoms with Crippen molar-refractivity contribution in [1.82, 2.24) is 0 Å². The topological polar surface area (TPSA) is 47.9 Å². The van der Waals surface area contributed by atoms with Gasteiger partial charge in [-0.1, -0.05) is 25.4 Å². The zero-order valence-electron chi connectivity index (χ0n) is 12.1. The average Bonchev–Trinajstić information content (AvgIpc) is 3.18. The molecule has 4 nitrogen and oxygen atoms in total. The predicted octanol–water partition coefficient (Wildman–Crippen LogP) is 3.81. The fourth-order valence-electron chi connectivity index (χ4n) is 2.62. The zero-order valence-corrected chi connectivity index (χ0v) is 12.9. The molecule has 0 unspecified atom stereocenters. The van der Waals surface area contributed by atoms with E-state index in [4.69, 9.17) is 21.1 Å². The number of aliphatic imine (C=N–C) groups is 1. The number of carbonyl (C=O) groups excluding carboxylic acids is 1. The van der Waals surface area contributed by atoms with Crippen molar-refractivity contribution in [3.05, 3.63) is 22.2 Å². The monoisotopic (exact) mass is 295 g/mol. The fraction of sp³-hybridized carbons (Fsp3) is 0.533. The summed E-state index contributed by atoms with van der Waals surface area (Å²) in [6, 6.07) is 1.84. The molecule has 20 heavy (non-hydrogen) atoms. The van der Waals surface area contributed by atoms with Crippen molar-refractivity contribution in [3.8, 4) is 11.5 Å². The lowest BCUT2D eigenvalue weighted by molar-refractivity contribution is 0.349. The van der Waals surface area contributed by atoms with Crippen LogP contribution in [0.1, 0.15) is 43.7 Å². The molecule has 0 heterocycles. The Morgan fingerprint density at radius 1 is 1.30 bits per heavy atom. The van der Waals surface area contributed by atoms with Gasteiger partial charge in [0.15, 0.2) is 11.5 Å². The molecular formula is C15H18ClNO3. The Bertz CT molecular complexity index is 573. The molecule has 1 saturated carbocycles. The summed E-state index contributed by atoms with van der Waals surface area (Å²) in [6.07, 6.45) is 3.33. The lowest BCUT2D eigenvalue weighted by atomic mass is 9.90. The Kier molecular flexibility index (Phi) is 4.07. The van der Waals surface area contributed by atoms with Crippen LogP contribution in [0.4, 0.5) is 0 Å². The Hall–Kier alpha value is -1.51. The van der Waals surface area contributed by atoms with Gasteiger partial charge in [-0.15, -0.1) is 0 Å². The van der Waals surface area contributed by atoms with Gasteiger partial charge >= 0.3 is 0 Å². The SMILES string of the molecule is COc1c(Cl)cc(C2(N=C=O)CC2)c(C(C)C)c1OC. The first kappa shape index (κ1) is 14.9. The first-order chi connectivity index (χ1) is 9.50. The molecule has 0 saturated heterocycles. The molecule has 0 aromatic heterocycles. The standard InChI is InChI=1S/C15H18ClNO3/c1-9(2)12-10(15(5-6-15)17-8-18)7-11(16)13(19-3)14(12)20-4/h7,9H,5-6H2,1-4H3. The summed E-state index contributed by atoms with van der Waals surface area (Å²) in [5.74, 6) is 1.34. The van der Waals surface area contributed by atoms with Gasteiger partial charge in [0.1, 0.15) is 0 Å². The third kappa shape index (κ3) is 2.30. The van der Waals surface area contributed by atoms with Crippen LogP contribution in [0, 0.1) is 0 Å². The second-order valence-electron chi connectivity index (χ2n) is 5.28. The van der Waals surface area contributed by atoms with Gasteiger partial charge in [-0.25, -0.2) is 4.79 Å². The van der Waals surface area contributed by atoms with Crippen molar-refractivity contribution in [2.75, 3.05) is 14.2 Å². The summed E-state index contributed by atoms with van der Waals surface area (Å²) in [4.78, 5) is 14.7. The number of rotatable bonds is 5. The van der Waals surface area contributed by atoms with Crippen molar-refractivity contribution in [1.29, 1.82) is 0 Å². The maximum absolute atomic E-state index is 10.7. The molecule has 1 aliphatic carbocycles. The quantitative estimate of drug-likeness (QED) is 0.613. The molecule has 1 aromatic carbocycles. The van der Waals surface area contributed by atoms with Crippen molar-refractivity contribution in [2.45, 2.75) is 38.1 Å². The van der Waals surface area contributed by atoms with Crippen molar-refractivity contribution >= 4 is 17.7 Å². The van der Waals surface area contributed by atoms with Crippen LogP contribution in [0.25, 0.3) is 0 Å². The number of hydrogen-bond donors (Lipinski definition) is 0. The van der Waals surface area contributed by atoms with E-state index < -0.39 is 5.54 Å². The van der Waals surface area contributed by atoms with Crippen LogP contribution in [-0.2, 0) is 10.3 Å². The minimum Gasteiger partial charge on any atom is -0.492 e. The van der Waals surface area contributed by atoms with Crippen molar-refractivity contribution in [2.24, 2.45) is 4.99 Å². The van der Waals surface area contributed by atoms with Crippen LogP contribution >= 0.6 is 11.6 Å². The molecule has 5 heteroatoms. The summed E-state index contributed by atoms with van der Waals surface area (Å²) in [7, 11) is 3.15. The maximum atomic E-state index is 10.7. The highest BCUT2D eigenvalue weighted by Crippen LogP contribution is 2.55. The lowest BCUT2D eigenvalue weighted by Gasteiger charge is -2.23. The first-order valence-electron chi connectivity index (χ1n) is 6.54. The highest BCUT2D eigenvalue weighted by Gasteiger charge is 2.47. The summed E-state index contributed by atoms with van der Waals surface area (Å²) >= 11 is 6.28. The number of benzene rings is 1. The predicted molar refractivity (Wildman–Crippen MR) is 77.7 cm³/mol. The fourth-order valence-corrected chi connectivity index (χ4v) is 2.89. The van der Waals surface area contributed by atoms with Gasteiger partial charge in [-0.05, 0) is 30.4 Å². The molecule has 2 rings (SSSR count). The van der Waals surface area contributed by atoms with E-state index in [1.807, 2.05) is 6.07 Å². The minimum atomic E-state index is -0.482. The van der Waals surface area contributed by atoms with Gasteiger partial charge in [0.25, 0.3) is 0 Å². The third-order valence-corrected chi connectivity index (χ3v) is 3.98. The number of isocyanates is 1. The van der Waals surface area contributed by atoms with E-state index in [9.17, 15) is 4.79 Å². The molecule has 0 radical (unpaired) electrons. The van der Waals surface area contributed by atoms with Gasteiger partial charge in [0.2, 0.25) is 6.08 Å². The lowest BCUT2D eigenvalue weighted by Crippen LogP contribution is -2.11. The van der Waals surface area contributed by atoms with Crippen LogP contribution in [0.3, 0.4) is 0 Å². The molecule has 0 aliphatic heterocycles. The largest absolute Gasteiger partial charge is 0.492 e. The Labute approximate surface area is 123 Å². The summed E-state index contributed by atoms with van der Waals surface area (Å²) < 4.78 is 10.8. The Balaban J connectivity index is 2.75. The van der Waals surface area contributed by atoms with E-state index in [-0.39, 0.29) is 5.92 Å². The summed E-state index contributed by atoms with van der Waals surface area (Å²) in [5.41, 5.74) is 1.45. The molecule has 1 aromatic rings. The summed E-state index contributed by atoms with van der Waals surface area (Å²) in [5, 5.41) is 0.469. The van der Waals surface area contributed by atoms with Crippen LogP contribution in [0.2, 0.25) is 5.02 Å². The highest BCUT2D eigenvalue weighted by atomic mass is 35.5. The number of nitrogens with zero attached hydrogens (tertiary/aromatic N) is 1. The maximum Gasteiger partial charge on any atom is 0.235 e. The van der Waals surface area contributed by atoms with Crippen LogP contribution in [0.15, 0.2) is 11.1 Å². The van der Waals surface area contributed by atoms with Gasteiger partial charge in [0.05, 0.1) is 24.8 Å². The zero-order chi connectivity index (χ0) is 14.9. The number of ether oxygens (including phenoxy) is 2. The van der Waals surface area contributed by atoms with Crippen molar-refractivity contribution in [3.63, 3.8) is 0 Å². The van der Waals surface area contributed by atoms with Crippen LogP contribution in [0.5, 0.6) is 11.5 Å². The van der Waals surface area contributed by atoms with E-state index >= 15 is 0 Å². The number of halogens is 1. The second kappa shape index (κ2) is 5.47.